The molecule has 1 aromatic heterocycles. The van der Waals surface area contributed by atoms with Crippen LogP contribution in [-0.2, 0) is 16.6 Å². The van der Waals surface area contributed by atoms with Crippen molar-refractivity contribution < 1.29 is 8.42 Å². The van der Waals surface area contributed by atoms with Crippen molar-refractivity contribution >= 4 is 21.4 Å². The highest BCUT2D eigenvalue weighted by Gasteiger charge is 2.20. The van der Waals surface area contributed by atoms with E-state index in [2.05, 4.69) is 17.0 Å². The highest BCUT2D eigenvalue weighted by Crippen LogP contribution is 2.30. The first-order valence-corrected chi connectivity index (χ1v) is 10.0. The zero-order valence-corrected chi connectivity index (χ0v) is 14.5. The van der Waals surface area contributed by atoms with Gasteiger partial charge in [0, 0.05) is 18.0 Å². The number of nitrogens with one attached hydrogen (secondary N) is 2. The molecule has 0 amide bonds. The highest BCUT2D eigenvalue weighted by atomic mass is 32.2. The smallest absolute Gasteiger partial charge is 0.250 e. The summed E-state index contributed by atoms with van der Waals surface area (Å²) in [5, 5.41) is 3.03. The van der Waals surface area contributed by atoms with Gasteiger partial charge in [-0.15, -0.1) is 11.3 Å². The van der Waals surface area contributed by atoms with Crippen molar-refractivity contribution in [3.63, 3.8) is 0 Å². The summed E-state index contributed by atoms with van der Waals surface area (Å²) in [5.74, 6) is 1.47. The molecule has 4 nitrogen and oxygen atoms in total. The predicted octanol–water partition coefficient (Wildman–Crippen LogP) is 2.96. The van der Waals surface area contributed by atoms with E-state index in [1.807, 2.05) is 13.1 Å². The van der Waals surface area contributed by atoms with Crippen molar-refractivity contribution in [1.82, 2.24) is 10.0 Å². The van der Waals surface area contributed by atoms with Crippen LogP contribution >= 0.6 is 11.3 Å². The van der Waals surface area contributed by atoms with Gasteiger partial charge in [0.05, 0.1) is 0 Å². The van der Waals surface area contributed by atoms with Gasteiger partial charge in [0.2, 0.25) is 10.0 Å². The van der Waals surface area contributed by atoms with Gasteiger partial charge in [0.15, 0.2) is 0 Å². The molecule has 120 valence electrons. The molecular weight excluding hydrogens is 304 g/mol. The lowest BCUT2D eigenvalue weighted by atomic mass is 9.81. The summed E-state index contributed by atoms with van der Waals surface area (Å²) in [4.78, 5) is 1.04. The number of thiophene rings is 1. The van der Waals surface area contributed by atoms with Crippen molar-refractivity contribution in [3.8, 4) is 0 Å². The molecule has 0 aromatic carbocycles. The van der Waals surface area contributed by atoms with E-state index in [4.69, 9.17) is 0 Å². The van der Waals surface area contributed by atoms with Gasteiger partial charge in [-0.1, -0.05) is 26.2 Å². The summed E-state index contributed by atoms with van der Waals surface area (Å²) in [6, 6.07) is 3.57. The molecule has 0 spiro atoms. The summed E-state index contributed by atoms with van der Waals surface area (Å²) < 4.78 is 27.6. The van der Waals surface area contributed by atoms with Crippen LogP contribution in [0.1, 0.15) is 43.9 Å². The fourth-order valence-electron chi connectivity index (χ4n) is 3.06. The Balaban J connectivity index is 1.83. The molecule has 2 N–H and O–H groups in total. The van der Waals surface area contributed by atoms with Crippen LogP contribution < -0.4 is 10.0 Å². The maximum Gasteiger partial charge on any atom is 0.250 e. The second kappa shape index (κ2) is 7.72. The fourth-order valence-corrected chi connectivity index (χ4v) is 5.52. The Morgan fingerprint density at radius 3 is 2.86 bits per heavy atom. The Morgan fingerprint density at radius 1 is 1.33 bits per heavy atom. The highest BCUT2D eigenvalue weighted by molar-refractivity contribution is 7.91. The minimum absolute atomic E-state index is 0.421. The van der Waals surface area contributed by atoms with Crippen LogP contribution in [-0.4, -0.2) is 22.0 Å². The van der Waals surface area contributed by atoms with Gasteiger partial charge < -0.3 is 5.32 Å². The molecule has 0 radical (unpaired) electrons. The van der Waals surface area contributed by atoms with E-state index >= 15 is 0 Å². The molecule has 1 saturated carbocycles. The molecule has 2 unspecified atom stereocenters. The molecule has 0 aliphatic heterocycles. The lowest BCUT2D eigenvalue weighted by Gasteiger charge is -2.26. The summed E-state index contributed by atoms with van der Waals surface area (Å²) in [5.41, 5.74) is 0. The van der Waals surface area contributed by atoms with Crippen molar-refractivity contribution in [1.29, 1.82) is 0 Å². The second-order valence-corrected chi connectivity index (χ2v) is 9.24. The summed E-state index contributed by atoms with van der Waals surface area (Å²) in [6.45, 7) is 3.56. The van der Waals surface area contributed by atoms with Crippen molar-refractivity contribution in [2.45, 2.75) is 49.8 Å². The van der Waals surface area contributed by atoms with Gasteiger partial charge in [0.25, 0.3) is 0 Å². The first-order chi connectivity index (χ1) is 10.0. The maximum absolute atomic E-state index is 12.2. The Labute approximate surface area is 132 Å². The van der Waals surface area contributed by atoms with E-state index in [0.717, 1.165) is 17.2 Å². The Morgan fingerprint density at radius 2 is 2.14 bits per heavy atom. The van der Waals surface area contributed by atoms with E-state index in [9.17, 15) is 8.42 Å². The van der Waals surface area contributed by atoms with E-state index in [0.29, 0.717) is 23.2 Å². The Kier molecular flexibility index (Phi) is 6.22. The number of hydrogen-bond acceptors (Lipinski definition) is 4. The summed E-state index contributed by atoms with van der Waals surface area (Å²) in [7, 11) is -1.47. The third-order valence-electron chi connectivity index (χ3n) is 4.14. The molecule has 21 heavy (non-hydrogen) atoms. The Hall–Kier alpha value is -0.430. The largest absolute Gasteiger partial charge is 0.315 e. The molecule has 2 atom stereocenters. The third kappa shape index (κ3) is 5.06. The van der Waals surface area contributed by atoms with E-state index in [1.165, 1.54) is 37.0 Å². The van der Waals surface area contributed by atoms with E-state index in [1.54, 1.807) is 6.07 Å². The number of hydrogen-bond donors (Lipinski definition) is 2. The normalized spacial score (nSPS) is 23.3. The second-order valence-electron chi connectivity index (χ2n) is 6.08. The lowest BCUT2D eigenvalue weighted by molar-refractivity contribution is 0.271. The van der Waals surface area contributed by atoms with Gasteiger partial charge in [-0.2, -0.15) is 0 Å². The average molecular weight is 331 g/mol. The molecule has 1 aliphatic rings. The van der Waals surface area contributed by atoms with Gasteiger partial charge in [-0.3, -0.25) is 0 Å². The molecule has 6 heteroatoms. The van der Waals surface area contributed by atoms with Crippen LogP contribution in [0.5, 0.6) is 0 Å². The van der Waals surface area contributed by atoms with Crippen molar-refractivity contribution in [3.05, 3.63) is 17.0 Å². The van der Waals surface area contributed by atoms with Crippen LogP contribution in [0.3, 0.4) is 0 Å². The third-order valence-corrected chi connectivity index (χ3v) is 7.18. The molecular formula is C15H26N2O2S2. The monoisotopic (exact) mass is 330 g/mol. The standard InChI is InChI=1S/C15H26N2O2S2/c1-12-4-3-5-13(10-12)8-9-17-21(18,19)15-7-6-14(20-15)11-16-2/h6-7,12-13,16-17H,3-5,8-11H2,1-2H3. The molecule has 0 saturated heterocycles. The molecule has 1 heterocycles. The molecule has 1 fully saturated rings. The molecule has 1 aromatic rings. The van der Waals surface area contributed by atoms with Gasteiger partial charge >= 0.3 is 0 Å². The van der Waals surface area contributed by atoms with Gasteiger partial charge in [0.1, 0.15) is 4.21 Å². The summed E-state index contributed by atoms with van der Waals surface area (Å²) in [6.07, 6.45) is 6.06. The first kappa shape index (κ1) is 16.9. The molecule has 0 bridgehead atoms. The predicted molar refractivity (Wildman–Crippen MR) is 88.0 cm³/mol. The zero-order valence-electron chi connectivity index (χ0n) is 12.9. The van der Waals surface area contributed by atoms with Gasteiger partial charge in [-0.25, -0.2) is 13.1 Å². The lowest BCUT2D eigenvalue weighted by Crippen LogP contribution is -2.26. The molecule has 2 rings (SSSR count). The number of sulfonamides is 1. The quantitative estimate of drug-likeness (QED) is 0.808. The fraction of sp³-hybridized carbons (Fsp3) is 0.733. The van der Waals surface area contributed by atoms with Crippen LogP contribution in [0.25, 0.3) is 0 Å². The first-order valence-electron chi connectivity index (χ1n) is 7.74. The maximum atomic E-state index is 12.2. The minimum atomic E-state index is -3.33. The van der Waals surface area contributed by atoms with E-state index < -0.39 is 10.0 Å². The topological polar surface area (TPSA) is 58.2 Å². The SMILES string of the molecule is CNCc1ccc(S(=O)(=O)NCCC2CCCC(C)C2)s1. The van der Waals surface area contributed by atoms with Crippen LogP contribution in [0.4, 0.5) is 0 Å². The summed E-state index contributed by atoms with van der Waals surface area (Å²) >= 11 is 1.34. The van der Waals surface area contributed by atoms with Crippen molar-refractivity contribution in [2.24, 2.45) is 11.8 Å². The average Bonchev–Trinajstić information content (AvgIpc) is 2.88. The van der Waals surface area contributed by atoms with Crippen LogP contribution in [0, 0.1) is 11.8 Å². The van der Waals surface area contributed by atoms with Crippen LogP contribution in [0.15, 0.2) is 16.3 Å². The van der Waals surface area contributed by atoms with Crippen molar-refractivity contribution in [2.75, 3.05) is 13.6 Å². The minimum Gasteiger partial charge on any atom is -0.315 e. The van der Waals surface area contributed by atoms with E-state index in [-0.39, 0.29) is 0 Å². The molecule has 1 aliphatic carbocycles. The van der Waals surface area contributed by atoms with Gasteiger partial charge in [-0.05, 0) is 43.9 Å². The number of rotatable bonds is 7. The Bertz CT molecular complexity index is 540. The van der Waals surface area contributed by atoms with Crippen LogP contribution in [0.2, 0.25) is 0 Å². The zero-order chi connectivity index (χ0) is 15.3.